The van der Waals surface area contributed by atoms with E-state index in [-0.39, 0.29) is 19.1 Å². The third-order valence-electron chi connectivity index (χ3n) is 3.53. The second kappa shape index (κ2) is 6.04. The van der Waals surface area contributed by atoms with E-state index in [1.807, 2.05) is 24.3 Å². The van der Waals surface area contributed by atoms with Gasteiger partial charge in [0.25, 0.3) is 0 Å². The lowest BCUT2D eigenvalue weighted by atomic mass is 10.0. The lowest BCUT2D eigenvalue weighted by molar-refractivity contribution is -0.142. The van der Waals surface area contributed by atoms with Crippen LogP contribution in [0.1, 0.15) is 18.2 Å². The molecule has 0 spiro atoms. The fourth-order valence-electron chi connectivity index (χ4n) is 2.51. The van der Waals surface area contributed by atoms with E-state index in [0.29, 0.717) is 11.3 Å². The number of hydrogen-bond acceptors (Lipinski definition) is 6. The van der Waals surface area contributed by atoms with Crippen LogP contribution >= 0.6 is 0 Å². The molecule has 0 amide bonds. The molecule has 2 aromatic rings. The Hall–Kier alpha value is -2.96. The highest BCUT2D eigenvalue weighted by Gasteiger charge is 2.24. The van der Waals surface area contributed by atoms with E-state index >= 15 is 0 Å². The van der Waals surface area contributed by atoms with Crippen molar-refractivity contribution < 1.29 is 19.1 Å². The zero-order valence-corrected chi connectivity index (χ0v) is 12.8. The second-order valence-electron chi connectivity index (χ2n) is 5.07. The van der Waals surface area contributed by atoms with Gasteiger partial charge in [0.05, 0.1) is 24.9 Å². The molecular weight excluding hydrogens is 298 g/mol. The van der Waals surface area contributed by atoms with E-state index in [1.54, 1.807) is 10.8 Å². The Morgan fingerprint density at radius 1 is 1.30 bits per heavy atom. The van der Waals surface area contributed by atoms with Crippen LogP contribution in [0.15, 0.2) is 29.8 Å². The number of aromatic nitrogens is 3. The van der Waals surface area contributed by atoms with Crippen molar-refractivity contribution in [3.05, 3.63) is 41.1 Å². The van der Waals surface area contributed by atoms with Gasteiger partial charge in [0.2, 0.25) is 0 Å². The van der Waals surface area contributed by atoms with Crippen LogP contribution in [0.3, 0.4) is 0 Å². The minimum atomic E-state index is -0.412. The van der Waals surface area contributed by atoms with Gasteiger partial charge in [-0.05, 0) is 11.6 Å². The maximum atomic E-state index is 11.9. The monoisotopic (exact) mass is 313 g/mol. The molecule has 7 nitrogen and oxygen atoms in total. The van der Waals surface area contributed by atoms with Crippen molar-refractivity contribution in [2.45, 2.75) is 20.1 Å². The van der Waals surface area contributed by atoms with Crippen molar-refractivity contribution in [1.82, 2.24) is 15.0 Å². The lowest BCUT2D eigenvalue weighted by Gasteiger charge is -2.07. The molecule has 118 valence electrons. The van der Waals surface area contributed by atoms with Crippen LogP contribution in [0.25, 0.3) is 17.3 Å². The Labute approximate surface area is 132 Å². The zero-order chi connectivity index (χ0) is 16.4. The van der Waals surface area contributed by atoms with Crippen LogP contribution in [0.2, 0.25) is 0 Å². The summed E-state index contributed by atoms with van der Waals surface area (Å²) in [6, 6.07) is 7.59. The molecule has 0 bridgehead atoms. The topological polar surface area (TPSA) is 83.3 Å². The number of carbonyl (C=O) groups is 2. The number of methoxy groups -OCH3 is 1. The van der Waals surface area contributed by atoms with Gasteiger partial charge in [-0.3, -0.25) is 4.79 Å². The molecule has 0 unspecified atom stereocenters. The summed E-state index contributed by atoms with van der Waals surface area (Å²) < 4.78 is 11.5. The van der Waals surface area contributed by atoms with Gasteiger partial charge in [0.15, 0.2) is 0 Å². The van der Waals surface area contributed by atoms with Crippen LogP contribution in [0.4, 0.5) is 0 Å². The Balaban J connectivity index is 2.11. The van der Waals surface area contributed by atoms with Gasteiger partial charge in [-0.15, -0.1) is 5.10 Å². The fourth-order valence-corrected chi connectivity index (χ4v) is 2.51. The molecule has 2 heterocycles. The van der Waals surface area contributed by atoms with Crippen LogP contribution in [-0.2, 0) is 32.2 Å². The highest BCUT2D eigenvalue weighted by molar-refractivity contribution is 5.95. The van der Waals surface area contributed by atoms with Crippen molar-refractivity contribution in [2.24, 2.45) is 0 Å². The molecular formula is C16H15N3O4. The third kappa shape index (κ3) is 2.85. The van der Waals surface area contributed by atoms with Crippen LogP contribution in [0, 0.1) is 0 Å². The normalized spacial score (nSPS) is 12.5. The first kappa shape index (κ1) is 15.0. The van der Waals surface area contributed by atoms with Gasteiger partial charge >= 0.3 is 11.9 Å². The summed E-state index contributed by atoms with van der Waals surface area (Å²) in [6.07, 6.45) is 1.78. The molecule has 1 aromatic heterocycles. The number of benzene rings is 1. The van der Waals surface area contributed by atoms with Crippen molar-refractivity contribution in [3.63, 3.8) is 0 Å². The first-order chi connectivity index (χ1) is 11.1. The molecule has 0 aliphatic carbocycles. The molecule has 1 aromatic carbocycles. The standard InChI is InChI=1S/C16H15N3O4/c1-10(20)23-9-14-15-13-6-4-3-5-11(13)7-12(16(21)22-2)8-19(15)18-17-14/h3-7H,8-9H2,1-2H3. The number of fused-ring (bicyclic) bond motifs is 3. The largest absolute Gasteiger partial charge is 0.466 e. The van der Waals surface area contributed by atoms with Gasteiger partial charge in [-0.25, -0.2) is 9.48 Å². The number of rotatable bonds is 3. The molecule has 0 saturated heterocycles. The highest BCUT2D eigenvalue weighted by Crippen LogP contribution is 2.31. The van der Waals surface area contributed by atoms with Crippen molar-refractivity contribution >= 4 is 18.0 Å². The molecule has 0 N–H and O–H groups in total. The first-order valence-electron chi connectivity index (χ1n) is 7.04. The van der Waals surface area contributed by atoms with Gasteiger partial charge in [0.1, 0.15) is 12.3 Å². The quantitative estimate of drug-likeness (QED) is 0.800. The molecule has 1 aliphatic heterocycles. The molecule has 3 rings (SSSR count). The van der Waals surface area contributed by atoms with E-state index in [4.69, 9.17) is 9.47 Å². The molecule has 23 heavy (non-hydrogen) atoms. The SMILES string of the molecule is COC(=O)C1=Cc2ccccc2-c2c(COC(C)=O)nnn2C1. The maximum absolute atomic E-state index is 11.9. The van der Waals surface area contributed by atoms with E-state index in [0.717, 1.165) is 16.8 Å². The molecule has 0 radical (unpaired) electrons. The minimum absolute atomic E-state index is 0.0343. The predicted molar refractivity (Wildman–Crippen MR) is 80.9 cm³/mol. The molecule has 0 saturated carbocycles. The summed E-state index contributed by atoms with van der Waals surface area (Å²) >= 11 is 0. The number of nitrogens with zero attached hydrogens (tertiary/aromatic N) is 3. The van der Waals surface area contributed by atoms with Gasteiger partial charge in [-0.1, -0.05) is 29.5 Å². The first-order valence-corrected chi connectivity index (χ1v) is 7.04. The average Bonchev–Trinajstić information content (AvgIpc) is 2.86. The Morgan fingerprint density at radius 3 is 2.83 bits per heavy atom. The van der Waals surface area contributed by atoms with E-state index in [2.05, 4.69) is 10.3 Å². The second-order valence-corrected chi connectivity index (χ2v) is 5.07. The van der Waals surface area contributed by atoms with Crippen molar-refractivity contribution in [3.8, 4) is 11.3 Å². The Kier molecular flexibility index (Phi) is 3.92. The van der Waals surface area contributed by atoms with E-state index in [9.17, 15) is 9.59 Å². The van der Waals surface area contributed by atoms with Crippen LogP contribution in [-0.4, -0.2) is 34.0 Å². The van der Waals surface area contributed by atoms with Gasteiger partial charge in [0, 0.05) is 12.5 Å². The van der Waals surface area contributed by atoms with E-state index < -0.39 is 5.97 Å². The summed E-state index contributed by atoms with van der Waals surface area (Å²) in [5.41, 5.74) is 3.49. The fraction of sp³-hybridized carbons (Fsp3) is 0.250. The number of ether oxygens (including phenoxy) is 2. The van der Waals surface area contributed by atoms with Crippen LogP contribution in [0.5, 0.6) is 0 Å². The van der Waals surface area contributed by atoms with Crippen molar-refractivity contribution in [2.75, 3.05) is 7.11 Å². The summed E-state index contributed by atoms with van der Waals surface area (Å²) in [5.74, 6) is -0.799. The van der Waals surface area contributed by atoms with E-state index in [1.165, 1.54) is 14.0 Å². The molecule has 1 aliphatic rings. The summed E-state index contributed by atoms with van der Waals surface area (Å²) in [6.45, 7) is 1.61. The third-order valence-corrected chi connectivity index (χ3v) is 3.53. The molecule has 0 atom stereocenters. The summed E-state index contributed by atoms with van der Waals surface area (Å²) in [4.78, 5) is 23.0. The summed E-state index contributed by atoms with van der Waals surface area (Å²) in [7, 11) is 1.34. The van der Waals surface area contributed by atoms with Crippen LogP contribution < -0.4 is 0 Å². The number of hydrogen-bond donors (Lipinski definition) is 0. The van der Waals surface area contributed by atoms with Gasteiger partial charge < -0.3 is 9.47 Å². The number of carbonyl (C=O) groups excluding carboxylic acids is 2. The number of esters is 2. The smallest absolute Gasteiger partial charge is 0.335 e. The average molecular weight is 313 g/mol. The maximum Gasteiger partial charge on any atom is 0.335 e. The Morgan fingerprint density at radius 2 is 2.09 bits per heavy atom. The zero-order valence-electron chi connectivity index (χ0n) is 12.8. The van der Waals surface area contributed by atoms with Crippen molar-refractivity contribution in [1.29, 1.82) is 0 Å². The molecule has 0 fully saturated rings. The minimum Gasteiger partial charge on any atom is -0.466 e. The van der Waals surface area contributed by atoms with Gasteiger partial charge in [-0.2, -0.15) is 0 Å². The lowest BCUT2D eigenvalue weighted by Crippen LogP contribution is -2.12. The molecule has 7 heteroatoms. The highest BCUT2D eigenvalue weighted by atomic mass is 16.5. The summed E-state index contributed by atoms with van der Waals surface area (Å²) in [5, 5.41) is 8.17. The Bertz CT molecular complexity index is 807. The predicted octanol–water partition coefficient (Wildman–Crippen LogP) is 1.58.